The second-order valence-electron chi connectivity index (χ2n) is 6.14. The van der Waals surface area contributed by atoms with Gasteiger partial charge in [-0.05, 0) is 33.6 Å². The molecule has 0 saturated heterocycles. The molecule has 22 heavy (non-hydrogen) atoms. The lowest BCUT2D eigenvalue weighted by molar-refractivity contribution is 0.519. The molecule has 0 unspecified atom stereocenters. The molecule has 1 saturated carbocycles. The predicted octanol–water partition coefficient (Wildman–Crippen LogP) is 3.06. The minimum Gasteiger partial charge on any atom is -0.336 e. The summed E-state index contributed by atoms with van der Waals surface area (Å²) >= 11 is 0. The molecule has 0 aromatic carbocycles. The first kappa shape index (κ1) is 13.2. The second-order valence-corrected chi connectivity index (χ2v) is 6.14. The van der Waals surface area contributed by atoms with E-state index in [2.05, 4.69) is 46.4 Å². The van der Waals surface area contributed by atoms with Gasteiger partial charge in [0.05, 0.1) is 23.8 Å². The molecule has 0 aliphatic heterocycles. The summed E-state index contributed by atoms with van der Waals surface area (Å²) in [7, 11) is 0. The lowest BCUT2D eigenvalue weighted by atomic mass is 10.3. The first-order chi connectivity index (χ1) is 10.6. The fourth-order valence-corrected chi connectivity index (χ4v) is 2.67. The molecule has 0 atom stereocenters. The number of aromatic nitrogens is 6. The molecule has 114 valence electrons. The van der Waals surface area contributed by atoms with E-state index in [1.54, 1.807) is 6.20 Å². The van der Waals surface area contributed by atoms with Gasteiger partial charge in [-0.3, -0.25) is 9.78 Å². The summed E-state index contributed by atoms with van der Waals surface area (Å²) in [6.45, 7) is 6.29. The van der Waals surface area contributed by atoms with Crippen molar-refractivity contribution >= 4 is 22.5 Å². The van der Waals surface area contributed by atoms with E-state index in [9.17, 15) is 0 Å². The molecule has 0 amide bonds. The molecule has 3 heterocycles. The minimum atomic E-state index is 0.329. The lowest BCUT2D eigenvalue weighted by Crippen LogP contribution is -2.05. The second kappa shape index (κ2) is 4.79. The van der Waals surface area contributed by atoms with Gasteiger partial charge >= 0.3 is 0 Å². The molecule has 1 fully saturated rings. The van der Waals surface area contributed by atoms with Gasteiger partial charge in [0.1, 0.15) is 16.9 Å². The van der Waals surface area contributed by atoms with Crippen LogP contribution < -0.4 is 5.32 Å². The van der Waals surface area contributed by atoms with E-state index in [-0.39, 0.29) is 0 Å². The van der Waals surface area contributed by atoms with Crippen LogP contribution in [0.1, 0.15) is 50.2 Å². The highest BCUT2D eigenvalue weighted by Crippen LogP contribution is 2.39. The Hall–Kier alpha value is -2.44. The Labute approximate surface area is 128 Å². The summed E-state index contributed by atoms with van der Waals surface area (Å²) in [4.78, 5) is 9.28. The van der Waals surface area contributed by atoms with Crippen LogP contribution in [0.25, 0.3) is 11.0 Å². The summed E-state index contributed by atoms with van der Waals surface area (Å²) in [5, 5.41) is 14.9. The maximum atomic E-state index is 4.70. The lowest BCUT2D eigenvalue weighted by Gasteiger charge is -2.10. The number of nitrogens with one attached hydrogen (secondary N) is 2. The van der Waals surface area contributed by atoms with Crippen molar-refractivity contribution in [2.24, 2.45) is 0 Å². The van der Waals surface area contributed by atoms with Gasteiger partial charge in [0.2, 0.25) is 0 Å². The third-order valence-electron chi connectivity index (χ3n) is 4.05. The van der Waals surface area contributed by atoms with Crippen molar-refractivity contribution in [3.63, 3.8) is 0 Å². The smallest absolute Gasteiger partial charge is 0.160 e. The Bertz CT molecular complexity index is 826. The van der Waals surface area contributed by atoms with Crippen LogP contribution in [-0.2, 0) is 0 Å². The fourth-order valence-electron chi connectivity index (χ4n) is 2.67. The average molecular weight is 297 g/mol. The fraction of sp³-hybridized carbons (Fsp3) is 0.467. The number of hydrogen-bond donors (Lipinski definition) is 2. The van der Waals surface area contributed by atoms with Crippen molar-refractivity contribution < 1.29 is 0 Å². The van der Waals surface area contributed by atoms with Crippen molar-refractivity contribution in [1.82, 2.24) is 29.9 Å². The zero-order chi connectivity index (χ0) is 15.3. The highest BCUT2D eigenvalue weighted by Gasteiger charge is 2.28. The van der Waals surface area contributed by atoms with Crippen molar-refractivity contribution in [3.05, 3.63) is 23.9 Å². The Morgan fingerprint density at radius 2 is 2.09 bits per heavy atom. The molecule has 1 aliphatic rings. The molecule has 2 N–H and O–H groups in total. The van der Waals surface area contributed by atoms with Crippen LogP contribution >= 0.6 is 0 Å². The van der Waals surface area contributed by atoms with Gasteiger partial charge < -0.3 is 5.32 Å². The van der Waals surface area contributed by atoms with Crippen molar-refractivity contribution in [3.8, 4) is 0 Å². The maximum Gasteiger partial charge on any atom is 0.160 e. The minimum absolute atomic E-state index is 0.329. The third kappa shape index (κ3) is 2.13. The van der Waals surface area contributed by atoms with E-state index in [4.69, 9.17) is 4.98 Å². The Morgan fingerprint density at radius 3 is 2.77 bits per heavy atom. The number of rotatable bonds is 4. The summed E-state index contributed by atoms with van der Waals surface area (Å²) in [6, 6.07) is 0.329. The van der Waals surface area contributed by atoms with Crippen molar-refractivity contribution in [1.29, 1.82) is 0 Å². The molecule has 4 rings (SSSR count). The zero-order valence-corrected chi connectivity index (χ0v) is 13.0. The Morgan fingerprint density at radius 1 is 1.27 bits per heavy atom. The van der Waals surface area contributed by atoms with Crippen LogP contribution in [0.2, 0.25) is 0 Å². The Kier molecular flexibility index (Phi) is 2.88. The summed E-state index contributed by atoms with van der Waals surface area (Å²) < 4.78 is 2.00. The van der Waals surface area contributed by atoms with Gasteiger partial charge in [0.25, 0.3) is 0 Å². The van der Waals surface area contributed by atoms with Gasteiger partial charge in [0, 0.05) is 12.0 Å². The van der Waals surface area contributed by atoms with Crippen LogP contribution in [0.4, 0.5) is 11.5 Å². The normalized spacial score (nSPS) is 14.9. The number of aromatic amines is 1. The van der Waals surface area contributed by atoms with Gasteiger partial charge in [-0.25, -0.2) is 9.97 Å². The van der Waals surface area contributed by atoms with Gasteiger partial charge in [-0.2, -0.15) is 10.2 Å². The summed E-state index contributed by atoms with van der Waals surface area (Å²) in [6.07, 6.45) is 5.94. The molecular weight excluding hydrogens is 278 g/mol. The Balaban J connectivity index is 1.76. The first-order valence-corrected chi connectivity index (χ1v) is 7.65. The quantitative estimate of drug-likeness (QED) is 0.773. The van der Waals surface area contributed by atoms with Crippen LogP contribution in [0.15, 0.2) is 12.4 Å². The SMILES string of the molecule is Cc1c(Nc2nc(C3CC3)nc3cn[nH]c23)cnn1C(C)C. The number of anilines is 2. The van der Waals surface area contributed by atoms with E-state index in [0.29, 0.717) is 12.0 Å². The number of fused-ring (bicyclic) bond motifs is 1. The number of H-pyrrole nitrogens is 1. The van der Waals surface area contributed by atoms with Crippen LogP contribution in [0, 0.1) is 6.92 Å². The van der Waals surface area contributed by atoms with Crippen LogP contribution in [0.3, 0.4) is 0 Å². The molecule has 3 aromatic rings. The molecule has 3 aromatic heterocycles. The maximum absolute atomic E-state index is 4.70. The van der Waals surface area contributed by atoms with Crippen molar-refractivity contribution in [2.45, 2.75) is 45.6 Å². The number of nitrogens with zero attached hydrogens (tertiary/aromatic N) is 5. The standard InChI is InChI=1S/C15H19N7/c1-8(2)22-9(3)11(7-17-22)18-15-13-12(6-16-21-13)19-14(20-15)10-4-5-10/h6-8,10H,4-5H2,1-3H3,(H,16,21)(H,18,19,20). The molecule has 1 aliphatic carbocycles. The monoisotopic (exact) mass is 297 g/mol. The van der Waals surface area contributed by atoms with Gasteiger partial charge in [-0.1, -0.05) is 0 Å². The van der Waals surface area contributed by atoms with Gasteiger partial charge in [0.15, 0.2) is 5.82 Å². The average Bonchev–Trinajstić information content (AvgIpc) is 3.12. The van der Waals surface area contributed by atoms with Crippen LogP contribution in [-0.4, -0.2) is 29.9 Å². The summed E-state index contributed by atoms with van der Waals surface area (Å²) in [5.41, 5.74) is 3.74. The van der Waals surface area contributed by atoms with Gasteiger partial charge in [-0.15, -0.1) is 0 Å². The largest absolute Gasteiger partial charge is 0.336 e. The molecule has 0 spiro atoms. The first-order valence-electron chi connectivity index (χ1n) is 7.65. The topological polar surface area (TPSA) is 84.3 Å². The predicted molar refractivity (Wildman–Crippen MR) is 84.3 cm³/mol. The van der Waals surface area contributed by atoms with Crippen molar-refractivity contribution in [2.75, 3.05) is 5.32 Å². The summed E-state index contributed by atoms with van der Waals surface area (Å²) in [5.74, 6) is 2.18. The van der Waals surface area contributed by atoms with E-state index < -0.39 is 0 Å². The van der Waals surface area contributed by atoms with Crippen LogP contribution in [0.5, 0.6) is 0 Å². The van der Waals surface area contributed by atoms with E-state index >= 15 is 0 Å². The molecular formula is C15H19N7. The van der Waals surface area contributed by atoms with E-state index in [0.717, 1.165) is 34.1 Å². The van der Waals surface area contributed by atoms with E-state index in [1.165, 1.54) is 12.8 Å². The molecule has 0 bridgehead atoms. The zero-order valence-electron chi connectivity index (χ0n) is 13.0. The molecule has 0 radical (unpaired) electrons. The highest BCUT2D eigenvalue weighted by atomic mass is 15.3. The third-order valence-corrected chi connectivity index (χ3v) is 4.05. The van der Waals surface area contributed by atoms with E-state index in [1.807, 2.05) is 10.9 Å². The highest BCUT2D eigenvalue weighted by molar-refractivity contribution is 5.87. The molecule has 7 heteroatoms. The molecule has 7 nitrogen and oxygen atoms in total. The number of hydrogen-bond acceptors (Lipinski definition) is 5.